The predicted molar refractivity (Wildman–Crippen MR) is 57.5 cm³/mol. The fourth-order valence-corrected chi connectivity index (χ4v) is 1.92. The summed E-state index contributed by atoms with van der Waals surface area (Å²) in [4.78, 5) is 13.1. The molecule has 94 valence electrons. The Morgan fingerprint density at radius 2 is 1.62 bits per heavy atom. The lowest BCUT2D eigenvalue weighted by Gasteiger charge is -2.27. The Balaban J connectivity index is 2.89. The molecule has 7 heteroatoms. The van der Waals surface area contributed by atoms with E-state index in [4.69, 9.17) is 0 Å². The number of rotatable bonds is 2. The van der Waals surface area contributed by atoms with Crippen LogP contribution < -0.4 is 0 Å². The van der Waals surface area contributed by atoms with Gasteiger partial charge in [0, 0.05) is 19.3 Å². The molecule has 0 saturated carbocycles. The van der Waals surface area contributed by atoms with Crippen LogP contribution in [0.25, 0.3) is 0 Å². The molecule has 2 atom stereocenters. The van der Waals surface area contributed by atoms with Crippen LogP contribution in [0.4, 0.5) is 0 Å². The smallest absolute Gasteiger partial charge is 0.243 e. The number of hydrogen-bond acceptors (Lipinski definition) is 5. The van der Waals surface area contributed by atoms with Crippen LogP contribution >= 0.6 is 0 Å². The van der Waals surface area contributed by atoms with Crippen molar-refractivity contribution < 1.29 is 23.4 Å². The monoisotopic (exact) mass is 251 g/mol. The van der Waals surface area contributed by atoms with Crippen molar-refractivity contribution in [2.24, 2.45) is 0 Å². The van der Waals surface area contributed by atoms with Crippen molar-refractivity contribution in [1.29, 1.82) is 0 Å². The maximum atomic E-state index is 11.9. The number of aliphatic hydroxyl groups excluding tert-OH is 2. The third-order valence-corrected chi connectivity index (χ3v) is 5.02. The van der Waals surface area contributed by atoms with Crippen molar-refractivity contribution in [2.45, 2.75) is 30.8 Å². The molecule has 6 nitrogen and oxygen atoms in total. The average Bonchev–Trinajstić information content (AvgIpc) is 2.43. The average molecular weight is 251 g/mol. The summed E-state index contributed by atoms with van der Waals surface area (Å²) >= 11 is 0. The lowest BCUT2D eigenvalue weighted by Crippen LogP contribution is -2.49. The van der Waals surface area contributed by atoms with Crippen LogP contribution in [0.3, 0.4) is 0 Å². The molecule has 0 bridgehead atoms. The van der Waals surface area contributed by atoms with Crippen molar-refractivity contribution in [3.8, 4) is 0 Å². The molecule has 1 amide bonds. The number of nitrogens with zero attached hydrogens (tertiary/aromatic N) is 1. The standard InChI is InChI=1S/C9H17NO5S/c1-9(2,16(3,14)15)8(13)10-4-6(11)7(12)5-10/h6-7,11-12H,4-5H2,1-3H3/t6-,7+. The van der Waals surface area contributed by atoms with E-state index in [0.29, 0.717) is 0 Å². The van der Waals surface area contributed by atoms with Crippen LogP contribution in [0, 0.1) is 0 Å². The first kappa shape index (κ1) is 13.4. The largest absolute Gasteiger partial charge is 0.388 e. The third kappa shape index (κ3) is 2.21. The molecule has 1 aliphatic rings. The molecule has 1 rings (SSSR count). The Bertz CT molecular complexity index is 379. The first-order valence-corrected chi connectivity index (χ1v) is 6.81. The maximum Gasteiger partial charge on any atom is 0.243 e. The summed E-state index contributed by atoms with van der Waals surface area (Å²) in [6, 6.07) is 0. The van der Waals surface area contributed by atoms with Crippen molar-refractivity contribution in [3.05, 3.63) is 0 Å². The number of carbonyl (C=O) groups excluding carboxylic acids is 1. The van der Waals surface area contributed by atoms with Gasteiger partial charge in [-0.2, -0.15) is 0 Å². The van der Waals surface area contributed by atoms with E-state index in [1.807, 2.05) is 0 Å². The number of carbonyl (C=O) groups is 1. The summed E-state index contributed by atoms with van der Waals surface area (Å²) in [5.74, 6) is -0.592. The Labute approximate surface area is 94.8 Å². The van der Waals surface area contributed by atoms with Gasteiger partial charge >= 0.3 is 0 Å². The normalized spacial score (nSPS) is 27.2. The molecule has 0 unspecified atom stereocenters. The molecular weight excluding hydrogens is 234 g/mol. The predicted octanol–water partition coefficient (Wildman–Crippen LogP) is -1.63. The highest BCUT2D eigenvalue weighted by Crippen LogP contribution is 2.22. The SMILES string of the molecule is CC(C)(C(=O)N1C[C@@H](O)[C@@H](O)C1)S(C)(=O)=O. The number of amides is 1. The van der Waals surface area contributed by atoms with Crippen LogP contribution in [-0.4, -0.2) is 65.7 Å². The summed E-state index contributed by atoms with van der Waals surface area (Å²) in [6.07, 6.45) is -1.01. The molecule has 2 N–H and O–H groups in total. The van der Waals surface area contributed by atoms with Gasteiger partial charge in [0.05, 0.1) is 12.2 Å². The Hall–Kier alpha value is -0.660. The Kier molecular flexibility index (Phi) is 3.33. The quantitative estimate of drug-likeness (QED) is 0.614. The number of likely N-dealkylation sites (tertiary alicyclic amines) is 1. The van der Waals surface area contributed by atoms with Gasteiger partial charge in [-0.25, -0.2) is 8.42 Å². The molecule has 0 aromatic heterocycles. The highest BCUT2D eigenvalue weighted by Gasteiger charge is 2.44. The van der Waals surface area contributed by atoms with Crippen molar-refractivity contribution >= 4 is 15.7 Å². The van der Waals surface area contributed by atoms with E-state index < -0.39 is 32.7 Å². The van der Waals surface area contributed by atoms with E-state index in [-0.39, 0.29) is 13.1 Å². The number of hydrogen-bond donors (Lipinski definition) is 2. The first-order chi connectivity index (χ1) is 7.07. The molecule has 16 heavy (non-hydrogen) atoms. The Morgan fingerprint density at radius 1 is 1.25 bits per heavy atom. The van der Waals surface area contributed by atoms with E-state index in [1.165, 1.54) is 18.7 Å². The summed E-state index contributed by atoms with van der Waals surface area (Å²) < 4.78 is 21.4. The molecule has 0 spiro atoms. The molecule has 0 radical (unpaired) electrons. The minimum Gasteiger partial charge on any atom is -0.388 e. The van der Waals surface area contributed by atoms with Crippen LogP contribution in [0.1, 0.15) is 13.8 Å². The molecule has 1 heterocycles. The van der Waals surface area contributed by atoms with Gasteiger partial charge in [-0.3, -0.25) is 4.79 Å². The van der Waals surface area contributed by atoms with E-state index >= 15 is 0 Å². The first-order valence-electron chi connectivity index (χ1n) is 4.92. The van der Waals surface area contributed by atoms with Crippen molar-refractivity contribution in [1.82, 2.24) is 4.90 Å². The zero-order valence-corrected chi connectivity index (χ0v) is 10.4. The van der Waals surface area contributed by atoms with Gasteiger partial charge in [-0.15, -0.1) is 0 Å². The Morgan fingerprint density at radius 3 is 1.94 bits per heavy atom. The molecule has 1 aliphatic heterocycles. The molecule has 1 fully saturated rings. The summed E-state index contributed by atoms with van der Waals surface area (Å²) in [6.45, 7) is 2.58. The van der Waals surface area contributed by atoms with Crippen LogP contribution in [0.5, 0.6) is 0 Å². The fourth-order valence-electron chi connectivity index (χ4n) is 1.47. The summed E-state index contributed by atoms with van der Waals surface area (Å²) in [5.41, 5.74) is 0. The van der Waals surface area contributed by atoms with Gasteiger partial charge in [0.1, 0.15) is 4.75 Å². The molecule has 0 aromatic carbocycles. The van der Waals surface area contributed by atoms with Crippen LogP contribution in [0.15, 0.2) is 0 Å². The minimum absolute atomic E-state index is 0.0288. The minimum atomic E-state index is -3.53. The highest BCUT2D eigenvalue weighted by molar-refractivity contribution is 7.92. The molecule has 1 saturated heterocycles. The van der Waals surface area contributed by atoms with Gasteiger partial charge in [0.15, 0.2) is 9.84 Å². The maximum absolute atomic E-state index is 11.9. The van der Waals surface area contributed by atoms with E-state index in [1.54, 1.807) is 0 Å². The van der Waals surface area contributed by atoms with E-state index in [0.717, 1.165) is 6.26 Å². The van der Waals surface area contributed by atoms with E-state index in [2.05, 4.69) is 0 Å². The van der Waals surface area contributed by atoms with Gasteiger partial charge in [-0.05, 0) is 13.8 Å². The lowest BCUT2D eigenvalue weighted by molar-refractivity contribution is -0.132. The third-order valence-electron chi connectivity index (χ3n) is 2.99. The second-order valence-electron chi connectivity index (χ2n) is 4.63. The fraction of sp³-hybridized carbons (Fsp3) is 0.889. The number of aliphatic hydroxyl groups is 2. The molecular formula is C9H17NO5S. The summed E-state index contributed by atoms with van der Waals surface area (Å²) in [7, 11) is -3.53. The topological polar surface area (TPSA) is 94.9 Å². The number of β-amino-alcohol motifs (C(OH)–C–C–N with tert-alkyl or cyclic N) is 2. The van der Waals surface area contributed by atoms with Gasteiger partial charge in [-0.1, -0.05) is 0 Å². The van der Waals surface area contributed by atoms with Crippen LogP contribution in [-0.2, 0) is 14.6 Å². The van der Waals surface area contributed by atoms with Crippen LogP contribution in [0.2, 0.25) is 0 Å². The molecule has 0 aliphatic carbocycles. The highest BCUT2D eigenvalue weighted by atomic mass is 32.2. The second-order valence-corrected chi connectivity index (χ2v) is 7.19. The zero-order chi connectivity index (χ0) is 12.7. The van der Waals surface area contributed by atoms with Gasteiger partial charge in [0.2, 0.25) is 5.91 Å². The van der Waals surface area contributed by atoms with Crippen molar-refractivity contribution in [2.75, 3.05) is 19.3 Å². The summed E-state index contributed by atoms with van der Waals surface area (Å²) in [5, 5.41) is 18.6. The molecule has 0 aromatic rings. The van der Waals surface area contributed by atoms with Gasteiger partial charge < -0.3 is 15.1 Å². The lowest BCUT2D eigenvalue weighted by atomic mass is 10.2. The zero-order valence-electron chi connectivity index (χ0n) is 9.54. The van der Waals surface area contributed by atoms with E-state index in [9.17, 15) is 23.4 Å². The second kappa shape index (κ2) is 3.97. The number of sulfone groups is 1. The van der Waals surface area contributed by atoms with Gasteiger partial charge in [0.25, 0.3) is 0 Å². The van der Waals surface area contributed by atoms with Crippen molar-refractivity contribution in [3.63, 3.8) is 0 Å².